The van der Waals surface area contributed by atoms with Gasteiger partial charge < -0.3 is 15.2 Å². The molecule has 1 aliphatic heterocycles. The number of benzene rings is 3. The van der Waals surface area contributed by atoms with E-state index in [4.69, 9.17) is 9.84 Å². The summed E-state index contributed by atoms with van der Waals surface area (Å²) < 4.78 is 6.35. The summed E-state index contributed by atoms with van der Waals surface area (Å²) in [6, 6.07) is 20.5. The Bertz CT molecular complexity index is 1200. The molecule has 176 valence electrons. The van der Waals surface area contributed by atoms with Gasteiger partial charge in [0.25, 0.3) is 5.91 Å². The van der Waals surface area contributed by atoms with E-state index in [2.05, 4.69) is 69.4 Å². The van der Waals surface area contributed by atoms with Crippen LogP contribution in [0.1, 0.15) is 77.7 Å². The number of hydrogen-bond acceptors (Lipinski definition) is 3. The number of rotatable bonds is 7. The van der Waals surface area contributed by atoms with E-state index in [1.807, 2.05) is 12.1 Å². The summed E-state index contributed by atoms with van der Waals surface area (Å²) in [7, 11) is 0. The Kier molecular flexibility index (Phi) is 6.73. The Hall–Kier alpha value is -3.60. The number of amides is 1. The molecule has 1 amide bonds. The fourth-order valence-corrected chi connectivity index (χ4v) is 4.48. The molecule has 0 fully saturated rings. The van der Waals surface area contributed by atoms with E-state index in [9.17, 15) is 9.59 Å². The molecule has 0 aromatic heterocycles. The van der Waals surface area contributed by atoms with Gasteiger partial charge in [-0.15, -0.1) is 0 Å². The van der Waals surface area contributed by atoms with E-state index in [1.165, 1.54) is 27.8 Å². The van der Waals surface area contributed by atoms with Gasteiger partial charge in [-0.25, -0.2) is 0 Å². The fraction of sp³-hybridized carbons (Fsp3) is 0.310. The maximum atomic E-state index is 12.2. The predicted molar refractivity (Wildman–Crippen MR) is 134 cm³/mol. The van der Waals surface area contributed by atoms with Gasteiger partial charge in [0.1, 0.15) is 11.9 Å². The minimum absolute atomic E-state index is 0.0984. The molecule has 2 N–H and O–H groups in total. The highest BCUT2D eigenvalue weighted by Crippen LogP contribution is 2.48. The van der Waals surface area contributed by atoms with Crippen molar-refractivity contribution < 1.29 is 19.4 Å². The van der Waals surface area contributed by atoms with E-state index >= 15 is 0 Å². The summed E-state index contributed by atoms with van der Waals surface area (Å²) >= 11 is 0. The van der Waals surface area contributed by atoms with Crippen LogP contribution in [0.5, 0.6) is 5.75 Å². The Balaban J connectivity index is 1.52. The lowest BCUT2D eigenvalue weighted by Gasteiger charge is -2.16. The molecule has 2 unspecified atom stereocenters. The van der Waals surface area contributed by atoms with Crippen LogP contribution in [0.15, 0.2) is 60.7 Å². The lowest BCUT2D eigenvalue weighted by Crippen LogP contribution is -2.26. The van der Waals surface area contributed by atoms with Crippen LogP contribution >= 0.6 is 0 Å². The third kappa shape index (κ3) is 4.84. The first-order valence-corrected chi connectivity index (χ1v) is 11.8. The first-order chi connectivity index (χ1) is 16.2. The molecule has 1 heterocycles. The quantitative estimate of drug-likeness (QED) is 0.441. The maximum absolute atomic E-state index is 12.2. The molecule has 1 aliphatic rings. The number of carbonyl (C=O) groups is 2. The van der Waals surface area contributed by atoms with Crippen LogP contribution in [0, 0.1) is 6.92 Å². The van der Waals surface area contributed by atoms with Gasteiger partial charge in [0, 0.05) is 23.6 Å². The first kappa shape index (κ1) is 23.6. The Morgan fingerprint density at radius 2 is 1.71 bits per heavy atom. The molecule has 0 aliphatic carbocycles. The molecule has 34 heavy (non-hydrogen) atoms. The highest BCUT2D eigenvalue weighted by molar-refractivity contribution is 5.94. The average Bonchev–Trinajstić information content (AvgIpc) is 3.13. The average molecular weight is 458 g/mol. The number of fused-ring (bicyclic) bond motifs is 1. The maximum Gasteiger partial charge on any atom is 0.305 e. The molecule has 5 nitrogen and oxygen atoms in total. The van der Waals surface area contributed by atoms with Crippen LogP contribution < -0.4 is 10.1 Å². The number of carboxylic acid groups (broad SMARTS) is 1. The Morgan fingerprint density at radius 1 is 1.03 bits per heavy atom. The van der Waals surface area contributed by atoms with Gasteiger partial charge in [-0.05, 0) is 64.9 Å². The lowest BCUT2D eigenvalue weighted by molar-refractivity contribution is -0.136. The van der Waals surface area contributed by atoms with E-state index in [0.29, 0.717) is 11.5 Å². The summed E-state index contributed by atoms with van der Waals surface area (Å²) in [5.41, 5.74) is 7.63. The second-order valence-corrected chi connectivity index (χ2v) is 9.33. The van der Waals surface area contributed by atoms with Crippen molar-refractivity contribution >= 4 is 11.9 Å². The van der Waals surface area contributed by atoms with Crippen LogP contribution in [0.25, 0.3) is 11.1 Å². The standard InChI is InChI=1S/C29H31NO4/c1-17(2)20-5-7-21(8-6-20)24-16-25-19(4)28(34-26(25)15-18(24)3)22-9-11-23(12-10-22)29(33)30-14-13-27(31)32/h5-12,15-17,19,28H,13-14H2,1-4H3,(H,30,33)(H,31,32). The van der Waals surface area contributed by atoms with Gasteiger partial charge in [-0.1, -0.05) is 57.2 Å². The van der Waals surface area contributed by atoms with E-state index in [1.54, 1.807) is 12.1 Å². The molecule has 0 spiro atoms. The van der Waals surface area contributed by atoms with Gasteiger partial charge >= 0.3 is 5.97 Å². The molecule has 0 bridgehead atoms. The van der Waals surface area contributed by atoms with Crippen molar-refractivity contribution in [3.05, 3.63) is 88.5 Å². The summed E-state index contributed by atoms with van der Waals surface area (Å²) in [6.07, 6.45) is -0.226. The second-order valence-electron chi connectivity index (χ2n) is 9.33. The molecule has 0 saturated carbocycles. The number of hydrogen-bond donors (Lipinski definition) is 2. The molecule has 2 atom stereocenters. The van der Waals surface area contributed by atoms with E-state index < -0.39 is 5.97 Å². The minimum atomic E-state index is -0.937. The lowest BCUT2D eigenvalue weighted by atomic mass is 9.89. The minimum Gasteiger partial charge on any atom is -0.485 e. The van der Waals surface area contributed by atoms with Gasteiger partial charge in [0.2, 0.25) is 0 Å². The van der Waals surface area contributed by atoms with Crippen LogP contribution in [0.2, 0.25) is 0 Å². The molecular weight excluding hydrogens is 426 g/mol. The Morgan fingerprint density at radius 3 is 2.32 bits per heavy atom. The van der Waals surface area contributed by atoms with E-state index in [0.717, 1.165) is 11.3 Å². The zero-order valence-corrected chi connectivity index (χ0v) is 20.1. The van der Waals surface area contributed by atoms with Gasteiger partial charge in [0.05, 0.1) is 6.42 Å². The summed E-state index contributed by atoms with van der Waals surface area (Å²) in [5.74, 6) is 0.368. The highest BCUT2D eigenvalue weighted by Gasteiger charge is 2.33. The smallest absolute Gasteiger partial charge is 0.305 e. The van der Waals surface area contributed by atoms with Gasteiger partial charge in [0.15, 0.2) is 0 Å². The Labute approximate surface area is 200 Å². The number of carboxylic acids is 1. The first-order valence-electron chi connectivity index (χ1n) is 11.8. The van der Waals surface area contributed by atoms with Crippen molar-refractivity contribution in [2.45, 2.75) is 52.1 Å². The molecule has 4 rings (SSSR count). The van der Waals surface area contributed by atoms with Gasteiger partial charge in [-0.2, -0.15) is 0 Å². The summed E-state index contributed by atoms with van der Waals surface area (Å²) in [4.78, 5) is 22.9. The SMILES string of the molecule is Cc1cc2c(cc1-c1ccc(C(C)C)cc1)C(C)C(c1ccc(C(=O)NCCC(=O)O)cc1)O2. The van der Waals surface area contributed by atoms with Crippen molar-refractivity contribution in [3.8, 4) is 16.9 Å². The second kappa shape index (κ2) is 9.72. The molecule has 3 aromatic rings. The highest BCUT2D eigenvalue weighted by atomic mass is 16.5. The molecule has 0 radical (unpaired) electrons. The molecule has 0 saturated heterocycles. The van der Waals surface area contributed by atoms with E-state index in [-0.39, 0.29) is 30.9 Å². The largest absolute Gasteiger partial charge is 0.485 e. The van der Waals surface area contributed by atoms with Crippen LogP contribution in [0.3, 0.4) is 0 Å². The van der Waals surface area contributed by atoms with Crippen molar-refractivity contribution in [1.82, 2.24) is 5.32 Å². The number of carbonyl (C=O) groups excluding carboxylic acids is 1. The van der Waals surface area contributed by atoms with Crippen LogP contribution in [-0.4, -0.2) is 23.5 Å². The molecular formula is C29H31NO4. The number of nitrogens with one attached hydrogen (secondary N) is 1. The van der Waals surface area contributed by atoms with Crippen molar-refractivity contribution in [2.24, 2.45) is 0 Å². The van der Waals surface area contributed by atoms with Crippen molar-refractivity contribution in [2.75, 3.05) is 6.54 Å². The van der Waals surface area contributed by atoms with Crippen molar-refractivity contribution in [3.63, 3.8) is 0 Å². The van der Waals surface area contributed by atoms with Gasteiger partial charge in [-0.3, -0.25) is 9.59 Å². The predicted octanol–water partition coefficient (Wildman–Crippen LogP) is 6.23. The fourth-order valence-electron chi connectivity index (χ4n) is 4.48. The summed E-state index contributed by atoms with van der Waals surface area (Å²) in [5, 5.41) is 11.3. The number of ether oxygens (including phenoxy) is 1. The number of aliphatic carboxylic acids is 1. The molecule has 3 aromatic carbocycles. The zero-order chi connectivity index (χ0) is 24.4. The third-order valence-corrected chi connectivity index (χ3v) is 6.57. The topological polar surface area (TPSA) is 75.6 Å². The monoisotopic (exact) mass is 457 g/mol. The van der Waals surface area contributed by atoms with Crippen molar-refractivity contribution in [1.29, 1.82) is 0 Å². The van der Waals surface area contributed by atoms with Crippen LogP contribution in [-0.2, 0) is 4.79 Å². The summed E-state index contributed by atoms with van der Waals surface area (Å²) in [6.45, 7) is 8.80. The normalized spacial score (nSPS) is 16.7. The zero-order valence-electron chi connectivity index (χ0n) is 20.1. The molecule has 5 heteroatoms. The third-order valence-electron chi connectivity index (χ3n) is 6.57. The van der Waals surface area contributed by atoms with Crippen LogP contribution in [0.4, 0.5) is 0 Å². The number of aryl methyl sites for hydroxylation is 1.